The van der Waals surface area contributed by atoms with Crippen molar-refractivity contribution in [3.8, 4) is 12.3 Å². The number of rotatable bonds is 2. The maximum atomic E-state index is 14.9. The number of aromatic nitrogens is 3. The number of terminal acetylenes is 1. The van der Waals surface area contributed by atoms with Crippen LogP contribution in [0.3, 0.4) is 0 Å². The van der Waals surface area contributed by atoms with Crippen LogP contribution in [0.2, 0.25) is 0 Å². The smallest absolute Gasteiger partial charge is 0.230 e. The molecule has 110 valence electrons. The predicted octanol–water partition coefficient (Wildman–Crippen LogP) is -0.554. The molecule has 0 aromatic carbocycles. The summed E-state index contributed by atoms with van der Waals surface area (Å²) in [6.45, 7) is -0.558. The summed E-state index contributed by atoms with van der Waals surface area (Å²) in [6, 6.07) is 1.55. The minimum atomic E-state index is -2.49. The van der Waals surface area contributed by atoms with Gasteiger partial charge < -0.3 is 20.7 Å². The molecule has 1 aliphatic heterocycles. The van der Waals surface area contributed by atoms with Gasteiger partial charge in [0.05, 0.1) is 30.4 Å². The maximum Gasteiger partial charge on any atom is 0.230 e. The van der Waals surface area contributed by atoms with Crippen molar-refractivity contribution >= 4 is 11.3 Å². The SMILES string of the molecule is C#C[C@@]1(F)[C@H](O)[C@@H](CO)O[C@H]1c1cnc2c(N)ccnn12. The molecule has 0 aliphatic carbocycles. The molecule has 1 saturated heterocycles. The Morgan fingerprint density at radius 2 is 2.38 bits per heavy atom. The topological polar surface area (TPSA) is 106 Å². The summed E-state index contributed by atoms with van der Waals surface area (Å²) in [5.41, 5.74) is 4.18. The molecule has 2 aromatic heterocycles. The molecule has 0 saturated carbocycles. The maximum absolute atomic E-state index is 14.9. The number of hydrogen-bond acceptors (Lipinski definition) is 6. The normalized spacial score (nSPS) is 32.4. The number of aliphatic hydroxyl groups excluding tert-OH is 2. The molecule has 7 nitrogen and oxygen atoms in total. The molecule has 4 N–H and O–H groups in total. The van der Waals surface area contributed by atoms with E-state index in [2.05, 4.69) is 10.1 Å². The Balaban J connectivity index is 2.14. The third kappa shape index (κ3) is 1.79. The summed E-state index contributed by atoms with van der Waals surface area (Å²) in [6.07, 6.45) is 3.91. The number of imidazole rings is 1. The number of fused-ring (bicyclic) bond motifs is 1. The molecule has 0 bridgehead atoms. The highest BCUT2D eigenvalue weighted by Gasteiger charge is 2.57. The summed E-state index contributed by atoms with van der Waals surface area (Å²) in [4.78, 5) is 4.05. The van der Waals surface area contributed by atoms with Gasteiger partial charge in [-0.15, -0.1) is 6.42 Å². The van der Waals surface area contributed by atoms with E-state index in [1.54, 1.807) is 6.07 Å². The Morgan fingerprint density at radius 3 is 3.05 bits per heavy atom. The van der Waals surface area contributed by atoms with E-state index in [4.69, 9.17) is 22.0 Å². The minimum Gasteiger partial charge on any atom is -0.396 e. The Labute approximate surface area is 119 Å². The summed E-state index contributed by atoms with van der Waals surface area (Å²) in [7, 11) is 0. The van der Waals surface area contributed by atoms with E-state index in [-0.39, 0.29) is 5.69 Å². The molecule has 3 heterocycles. The molecule has 0 unspecified atom stereocenters. The van der Waals surface area contributed by atoms with Crippen LogP contribution < -0.4 is 5.73 Å². The number of anilines is 1. The second kappa shape index (κ2) is 4.66. The lowest BCUT2D eigenvalue weighted by Gasteiger charge is -2.21. The van der Waals surface area contributed by atoms with Crippen molar-refractivity contribution in [2.45, 2.75) is 24.0 Å². The molecule has 8 heteroatoms. The second-order valence-electron chi connectivity index (χ2n) is 4.80. The van der Waals surface area contributed by atoms with Crippen LogP contribution in [0.5, 0.6) is 0 Å². The van der Waals surface area contributed by atoms with Crippen LogP contribution in [0, 0.1) is 12.3 Å². The molecule has 3 rings (SSSR count). The van der Waals surface area contributed by atoms with Crippen molar-refractivity contribution in [1.29, 1.82) is 0 Å². The summed E-state index contributed by atoms with van der Waals surface area (Å²) < 4.78 is 21.6. The Morgan fingerprint density at radius 1 is 1.62 bits per heavy atom. The Bertz CT molecular complexity index is 728. The number of hydrogen-bond donors (Lipinski definition) is 3. The van der Waals surface area contributed by atoms with Crippen LogP contribution in [0.4, 0.5) is 10.1 Å². The van der Waals surface area contributed by atoms with Crippen molar-refractivity contribution in [2.75, 3.05) is 12.3 Å². The third-order valence-corrected chi connectivity index (χ3v) is 3.60. The fraction of sp³-hybridized carbons (Fsp3) is 0.385. The van der Waals surface area contributed by atoms with Gasteiger partial charge >= 0.3 is 0 Å². The van der Waals surface area contributed by atoms with Crippen LogP contribution in [-0.4, -0.2) is 49.3 Å². The molecule has 1 fully saturated rings. The van der Waals surface area contributed by atoms with Crippen molar-refractivity contribution in [3.63, 3.8) is 0 Å². The average Bonchev–Trinajstić information content (AvgIpc) is 3.01. The third-order valence-electron chi connectivity index (χ3n) is 3.60. The molecular weight excluding hydrogens is 279 g/mol. The van der Waals surface area contributed by atoms with E-state index < -0.39 is 30.6 Å². The lowest BCUT2D eigenvalue weighted by molar-refractivity contribution is -0.0243. The number of alkyl halides is 1. The lowest BCUT2D eigenvalue weighted by atomic mass is 9.92. The molecule has 0 radical (unpaired) electrons. The first-order valence-electron chi connectivity index (χ1n) is 6.22. The zero-order valence-electron chi connectivity index (χ0n) is 10.8. The van der Waals surface area contributed by atoms with Gasteiger partial charge in [-0.25, -0.2) is 13.9 Å². The summed E-state index contributed by atoms with van der Waals surface area (Å²) in [5, 5.41) is 23.1. The van der Waals surface area contributed by atoms with Gasteiger partial charge in [0.25, 0.3) is 0 Å². The standard InChI is InChI=1S/C13H13FN4O3/c1-2-13(14)10(20)9(6-19)21-11(13)8-5-16-12-7(15)3-4-17-18(8)12/h1,3-5,9-11,19-20H,6,15H2/t9-,10-,11+,13-/m1/s1. The van der Waals surface area contributed by atoms with Gasteiger partial charge in [-0.05, 0) is 6.07 Å². The molecule has 4 atom stereocenters. The monoisotopic (exact) mass is 292 g/mol. The zero-order chi connectivity index (χ0) is 15.2. The highest BCUT2D eigenvalue weighted by Crippen LogP contribution is 2.44. The van der Waals surface area contributed by atoms with Crippen molar-refractivity contribution in [3.05, 3.63) is 24.2 Å². The highest BCUT2D eigenvalue weighted by atomic mass is 19.1. The fourth-order valence-corrected chi connectivity index (χ4v) is 2.47. The number of nitrogens with two attached hydrogens (primary N) is 1. The quantitative estimate of drug-likeness (QED) is 0.641. The summed E-state index contributed by atoms with van der Waals surface area (Å²) >= 11 is 0. The minimum absolute atomic E-state index is 0.216. The van der Waals surface area contributed by atoms with Crippen molar-refractivity contribution in [1.82, 2.24) is 14.6 Å². The Kier molecular flexibility index (Phi) is 3.06. The van der Waals surface area contributed by atoms with E-state index >= 15 is 0 Å². The molecular formula is C13H13FN4O3. The molecule has 0 amide bonds. The van der Waals surface area contributed by atoms with Crippen LogP contribution >= 0.6 is 0 Å². The summed E-state index contributed by atoms with van der Waals surface area (Å²) in [5.74, 6) is 1.92. The van der Waals surface area contributed by atoms with Gasteiger partial charge in [-0.1, -0.05) is 5.92 Å². The van der Waals surface area contributed by atoms with E-state index in [0.29, 0.717) is 11.3 Å². The first-order valence-corrected chi connectivity index (χ1v) is 6.22. The van der Waals surface area contributed by atoms with E-state index in [1.807, 2.05) is 5.92 Å². The van der Waals surface area contributed by atoms with Gasteiger partial charge in [0.15, 0.2) is 5.65 Å². The lowest BCUT2D eigenvalue weighted by Crippen LogP contribution is -2.41. The fourth-order valence-electron chi connectivity index (χ4n) is 2.47. The zero-order valence-corrected chi connectivity index (χ0v) is 10.8. The van der Waals surface area contributed by atoms with Crippen molar-refractivity contribution < 1.29 is 19.3 Å². The number of nitrogen functional groups attached to an aromatic ring is 1. The van der Waals surface area contributed by atoms with E-state index in [9.17, 15) is 9.50 Å². The average molecular weight is 292 g/mol. The first kappa shape index (κ1) is 13.8. The number of nitrogens with zero attached hydrogens (tertiary/aromatic N) is 3. The van der Waals surface area contributed by atoms with Gasteiger partial charge in [0.2, 0.25) is 5.67 Å². The molecule has 1 aliphatic rings. The highest BCUT2D eigenvalue weighted by molar-refractivity contribution is 5.63. The number of ether oxygens (including phenoxy) is 1. The molecule has 21 heavy (non-hydrogen) atoms. The molecule has 0 spiro atoms. The van der Waals surface area contributed by atoms with Gasteiger partial charge in [-0.3, -0.25) is 0 Å². The predicted molar refractivity (Wildman–Crippen MR) is 70.8 cm³/mol. The van der Waals surface area contributed by atoms with E-state index in [0.717, 1.165) is 0 Å². The van der Waals surface area contributed by atoms with Gasteiger partial charge in [-0.2, -0.15) is 5.10 Å². The first-order chi connectivity index (χ1) is 10.0. The van der Waals surface area contributed by atoms with E-state index in [1.165, 1.54) is 16.9 Å². The van der Waals surface area contributed by atoms with Gasteiger partial charge in [0.1, 0.15) is 18.3 Å². The van der Waals surface area contributed by atoms with Crippen LogP contribution in [-0.2, 0) is 4.74 Å². The number of aliphatic hydroxyl groups is 2. The van der Waals surface area contributed by atoms with Crippen molar-refractivity contribution in [2.24, 2.45) is 0 Å². The van der Waals surface area contributed by atoms with Crippen LogP contribution in [0.15, 0.2) is 18.5 Å². The molecule has 2 aromatic rings. The van der Waals surface area contributed by atoms with Crippen LogP contribution in [0.1, 0.15) is 11.8 Å². The van der Waals surface area contributed by atoms with Crippen LogP contribution in [0.25, 0.3) is 5.65 Å². The van der Waals surface area contributed by atoms with Gasteiger partial charge in [0, 0.05) is 0 Å². The Hall–Kier alpha value is -2.21. The largest absolute Gasteiger partial charge is 0.396 e. The second-order valence-corrected chi connectivity index (χ2v) is 4.80. The number of halogens is 1.